The van der Waals surface area contributed by atoms with E-state index >= 15 is 0 Å². The van der Waals surface area contributed by atoms with E-state index < -0.39 is 11.7 Å². The van der Waals surface area contributed by atoms with Crippen molar-refractivity contribution in [3.63, 3.8) is 0 Å². The minimum Gasteiger partial charge on any atom is -0.444 e. The molecule has 1 aliphatic rings. The standard InChI is InChI=1S/C15H27N3O4/c1-5-11(17-14(21)22-15(2,3)4)9-13(20)18-8-6-7-16-12(19)10-18/h11H,5-10H2,1-4H3,(H,16,19)(H,17,21). The van der Waals surface area contributed by atoms with Gasteiger partial charge in [-0.3, -0.25) is 9.59 Å². The van der Waals surface area contributed by atoms with Gasteiger partial charge in [-0.15, -0.1) is 0 Å². The quantitative estimate of drug-likeness (QED) is 0.811. The molecule has 126 valence electrons. The van der Waals surface area contributed by atoms with Crippen LogP contribution in [0.1, 0.15) is 47.0 Å². The summed E-state index contributed by atoms with van der Waals surface area (Å²) in [6, 6.07) is -0.298. The first-order valence-electron chi connectivity index (χ1n) is 7.75. The van der Waals surface area contributed by atoms with Crippen molar-refractivity contribution in [3.05, 3.63) is 0 Å². The van der Waals surface area contributed by atoms with Crippen LogP contribution in [0, 0.1) is 0 Å². The molecule has 0 bridgehead atoms. The van der Waals surface area contributed by atoms with Crippen molar-refractivity contribution >= 4 is 17.9 Å². The van der Waals surface area contributed by atoms with Gasteiger partial charge < -0.3 is 20.3 Å². The number of nitrogens with zero attached hydrogens (tertiary/aromatic N) is 1. The molecule has 7 nitrogen and oxygen atoms in total. The number of rotatable bonds is 4. The van der Waals surface area contributed by atoms with Crippen LogP contribution in [0.25, 0.3) is 0 Å². The number of hydrogen-bond acceptors (Lipinski definition) is 4. The predicted molar refractivity (Wildman–Crippen MR) is 82.3 cm³/mol. The Morgan fingerprint density at radius 3 is 2.68 bits per heavy atom. The zero-order chi connectivity index (χ0) is 16.8. The molecule has 1 aliphatic heterocycles. The van der Waals surface area contributed by atoms with Gasteiger partial charge >= 0.3 is 6.09 Å². The van der Waals surface area contributed by atoms with E-state index in [4.69, 9.17) is 4.74 Å². The fourth-order valence-electron chi connectivity index (χ4n) is 2.13. The van der Waals surface area contributed by atoms with Gasteiger partial charge in [0.1, 0.15) is 5.60 Å². The molecular weight excluding hydrogens is 286 g/mol. The summed E-state index contributed by atoms with van der Waals surface area (Å²) in [6.07, 6.45) is 1.00. The van der Waals surface area contributed by atoms with Crippen LogP contribution in [-0.4, -0.2) is 54.1 Å². The molecule has 1 heterocycles. The lowest BCUT2D eigenvalue weighted by Crippen LogP contribution is -2.44. The highest BCUT2D eigenvalue weighted by molar-refractivity contribution is 5.85. The third kappa shape index (κ3) is 6.78. The molecule has 7 heteroatoms. The SMILES string of the molecule is CCC(CC(=O)N1CCCNC(=O)C1)NC(=O)OC(C)(C)C. The summed E-state index contributed by atoms with van der Waals surface area (Å²) >= 11 is 0. The first-order valence-corrected chi connectivity index (χ1v) is 7.75. The van der Waals surface area contributed by atoms with Crippen LogP contribution in [0.2, 0.25) is 0 Å². The fraction of sp³-hybridized carbons (Fsp3) is 0.800. The van der Waals surface area contributed by atoms with Crippen LogP contribution in [0.5, 0.6) is 0 Å². The smallest absolute Gasteiger partial charge is 0.407 e. The number of amides is 3. The maximum atomic E-state index is 12.3. The van der Waals surface area contributed by atoms with Gasteiger partial charge in [0.05, 0.1) is 6.54 Å². The zero-order valence-corrected chi connectivity index (χ0v) is 13.9. The molecule has 1 rings (SSSR count). The van der Waals surface area contributed by atoms with Crippen LogP contribution in [0.15, 0.2) is 0 Å². The van der Waals surface area contributed by atoms with Gasteiger partial charge in [0.2, 0.25) is 11.8 Å². The second-order valence-electron chi connectivity index (χ2n) is 6.47. The molecule has 0 radical (unpaired) electrons. The highest BCUT2D eigenvalue weighted by Gasteiger charge is 2.24. The minimum absolute atomic E-state index is 0.0850. The van der Waals surface area contributed by atoms with E-state index in [0.29, 0.717) is 19.5 Å². The van der Waals surface area contributed by atoms with Gasteiger partial charge in [-0.05, 0) is 33.6 Å². The van der Waals surface area contributed by atoms with Gasteiger partial charge in [0, 0.05) is 25.6 Å². The van der Waals surface area contributed by atoms with Crippen molar-refractivity contribution in [1.29, 1.82) is 0 Å². The predicted octanol–water partition coefficient (Wildman–Crippen LogP) is 1.03. The Morgan fingerprint density at radius 1 is 1.41 bits per heavy atom. The maximum Gasteiger partial charge on any atom is 0.407 e. The molecular formula is C15H27N3O4. The van der Waals surface area contributed by atoms with Gasteiger partial charge in [0.25, 0.3) is 0 Å². The van der Waals surface area contributed by atoms with Crippen molar-refractivity contribution in [2.24, 2.45) is 0 Å². The lowest BCUT2D eigenvalue weighted by molar-refractivity contribution is -0.135. The van der Waals surface area contributed by atoms with Gasteiger partial charge in [-0.25, -0.2) is 4.79 Å². The summed E-state index contributed by atoms with van der Waals surface area (Å²) in [7, 11) is 0. The Morgan fingerprint density at radius 2 is 2.09 bits per heavy atom. The molecule has 22 heavy (non-hydrogen) atoms. The molecule has 1 saturated heterocycles. The van der Waals surface area contributed by atoms with E-state index in [-0.39, 0.29) is 30.8 Å². The lowest BCUT2D eigenvalue weighted by Gasteiger charge is -2.25. The van der Waals surface area contributed by atoms with E-state index in [1.165, 1.54) is 0 Å². The van der Waals surface area contributed by atoms with E-state index in [1.54, 1.807) is 25.7 Å². The highest BCUT2D eigenvalue weighted by Crippen LogP contribution is 2.09. The van der Waals surface area contributed by atoms with E-state index in [0.717, 1.165) is 6.42 Å². The molecule has 0 aromatic carbocycles. The fourth-order valence-corrected chi connectivity index (χ4v) is 2.13. The third-order valence-corrected chi connectivity index (χ3v) is 3.25. The van der Waals surface area contributed by atoms with Crippen molar-refractivity contribution in [2.45, 2.75) is 58.6 Å². The number of hydrogen-bond donors (Lipinski definition) is 2. The van der Waals surface area contributed by atoms with Crippen molar-refractivity contribution < 1.29 is 19.1 Å². The second-order valence-corrected chi connectivity index (χ2v) is 6.47. The third-order valence-electron chi connectivity index (χ3n) is 3.25. The average Bonchev–Trinajstić information content (AvgIpc) is 2.60. The monoisotopic (exact) mass is 313 g/mol. The summed E-state index contributed by atoms with van der Waals surface area (Å²) in [5.74, 6) is -0.265. The first kappa shape index (κ1) is 18.3. The first-order chi connectivity index (χ1) is 10.2. The summed E-state index contributed by atoms with van der Waals surface area (Å²) in [5, 5.41) is 5.44. The minimum atomic E-state index is -0.574. The van der Waals surface area contributed by atoms with Crippen molar-refractivity contribution in [1.82, 2.24) is 15.5 Å². The Hall–Kier alpha value is -1.79. The number of ether oxygens (including phenoxy) is 1. The van der Waals surface area contributed by atoms with E-state index in [9.17, 15) is 14.4 Å². The van der Waals surface area contributed by atoms with Crippen LogP contribution in [0.3, 0.4) is 0 Å². The number of alkyl carbamates (subject to hydrolysis) is 1. The summed E-state index contributed by atoms with van der Waals surface area (Å²) in [6.45, 7) is 8.49. The molecule has 3 amide bonds. The summed E-state index contributed by atoms with van der Waals surface area (Å²) in [5.41, 5.74) is -0.574. The Bertz CT molecular complexity index is 418. The topological polar surface area (TPSA) is 87.7 Å². The molecule has 0 aromatic rings. The molecule has 1 fully saturated rings. The molecule has 1 unspecified atom stereocenters. The molecule has 2 N–H and O–H groups in total. The van der Waals surface area contributed by atoms with Crippen LogP contribution >= 0.6 is 0 Å². The zero-order valence-electron chi connectivity index (χ0n) is 13.9. The Balaban J connectivity index is 2.52. The Labute approximate surface area is 131 Å². The molecule has 1 atom stereocenters. The van der Waals surface area contributed by atoms with Crippen molar-refractivity contribution in [3.8, 4) is 0 Å². The van der Waals surface area contributed by atoms with Crippen molar-refractivity contribution in [2.75, 3.05) is 19.6 Å². The van der Waals surface area contributed by atoms with Crippen LogP contribution in [0.4, 0.5) is 4.79 Å². The maximum absolute atomic E-state index is 12.3. The highest BCUT2D eigenvalue weighted by atomic mass is 16.6. The van der Waals surface area contributed by atoms with Gasteiger partial charge in [-0.1, -0.05) is 6.92 Å². The largest absolute Gasteiger partial charge is 0.444 e. The second kappa shape index (κ2) is 8.00. The van der Waals surface area contributed by atoms with Gasteiger partial charge in [0.15, 0.2) is 0 Å². The number of nitrogens with one attached hydrogen (secondary N) is 2. The van der Waals surface area contributed by atoms with Crippen LogP contribution < -0.4 is 10.6 Å². The summed E-state index contributed by atoms with van der Waals surface area (Å²) in [4.78, 5) is 37.1. The van der Waals surface area contributed by atoms with Gasteiger partial charge in [-0.2, -0.15) is 0 Å². The molecule has 0 saturated carbocycles. The van der Waals surface area contributed by atoms with E-state index in [1.807, 2.05) is 6.92 Å². The molecule has 0 spiro atoms. The number of carbonyl (C=O) groups excluding carboxylic acids is 3. The Kier molecular flexibility index (Phi) is 6.64. The van der Waals surface area contributed by atoms with E-state index in [2.05, 4.69) is 10.6 Å². The molecule has 0 aromatic heterocycles. The number of carbonyl (C=O) groups is 3. The summed E-state index contributed by atoms with van der Waals surface area (Å²) < 4.78 is 5.20. The molecule has 0 aliphatic carbocycles. The van der Waals surface area contributed by atoms with Crippen LogP contribution in [-0.2, 0) is 14.3 Å². The normalized spacial score (nSPS) is 17.3. The lowest BCUT2D eigenvalue weighted by atomic mass is 10.1. The average molecular weight is 313 g/mol.